The standard InChI is InChI=1S/C40H54N8O5S2/c1-8-47-34-12-11-26-18-28(34)30(37(47)29-19-27(22-41-36(29)25(2)52-6)46-16-14-45(5)15-17-46)21-40(3,4)24-53-39(50)31-10-9-13-48(43-31)38(49)32(44-55(7)51)20-35-42-33(26)23-54-35/h11-12,18-19,22-23,25,31-32,43-44H,8-10,13-17,20-21,24H2,1-7H3/t25-,31-,32-,55?/m0/s1. The van der Waals surface area contributed by atoms with Crippen LogP contribution in [0.2, 0.25) is 0 Å². The fourth-order valence-electron chi connectivity index (χ4n) is 8.02. The number of hydrogen-bond acceptors (Lipinski definition) is 11. The number of fused-ring (bicyclic) bond motifs is 6. The number of anilines is 1. The quantitative estimate of drug-likeness (QED) is 0.254. The third-order valence-electron chi connectivity index (χ3n) is 11.1. The Morgan fingerprint density at radius 3 is 2.67 bits per heavy atom. The number of methoxy groups -OCH3 is 1. The van der Waals surface area contributed by atoms with Gasteiger partial charge >= 0.3 is 5.97 Å². The lowest BCUT2D eigenvalue weighted by Crippen LogP contribution is -2.60. The van der Waals surface area contributed by atoms with E-state index in [1.54, 1.807) is 7.11 Å². The van der Waals surface area contributed by atoms with Gasteiger partial charge in [-0.05, 0) is 63.9 Å². The van der Waals surface area contributed by atoms with E-state index >= 15 is 0 Å². The fourth-order valence-corrected chi connectivity index (χ4v) is 9.45. The molecule has 13 nitrogen and oxygen atoms in total. The normalized spacial score (nSPS) is 22.4. The van der Waals surface area contributed by atoms with Crippen LogP contribution in [0.5, 0.6) is 0 Å². The van der Waals surface area contributed by atoms with Crippen molar-refractivity contribution < 1.29 is 23.3 Å². The number of aryl methyl sites for hydroxylation is 1. The number of aromatic nitrogens is 3. The number of esters is 1. The van der Waals surface area contributed by atoms with Crippen LogP contribution in [0.25, 0.3) is 33.4 Å². The maximum absolute atomic E-state index is 13.8. The van der Waals surface area contributed by atoms with Crippen molar-refractivity contribution >= 4 is 50.8 Å². The Bertz CT molecular complexity index is 2070. The van der Waals surface area contributed by atoms with E-state index in [2.05, 4.69) is 76.6 Å². The van der Waals surface area contributed by atoms with E-state index in [1.807, 2.05) is 18.5 Å². The average Bonchev–Trinajstić information content (AvgIpc) is 3.77. The second-order valence-corrected chi connectivity index (χ2v) is 17.9. The van der Waals surface area contributed by atoms with Crippen LogP contribution < -0.4 is 15.0 Å². The first kappa shape index (κ1) is 39.5. The van der Waals surface area contributed by atoms with Crippen molar-refractivity contribution in [1.29, 1.82) is 0 Å². The molecule has 6 bridgehead atoms. The van der Waals surface area contributed by atoms with Crippen LogP contribution in [0.1, 0.15) is 62.9 Å². The van der Waals surface area contributed by atoms with Gasteiger partial charge in [0.25, 0.3) is 5.91 Å². The Labute approximate surface area is 330 Å². The lowest BCUT2D eigenvalue weighted by Gasteiger charge is -2.35. The molecular weight excluding hydrogens is 737 g/mol. The number of nitrogens with zero attached hydrogens (tertiary/aromatic N) is 6. The average molecular weight is 791 g/mol. The summed E-state index contributed by atoms with van der Waals surface area (Å²) in [6, 6.07) is 7.35. The predicted molar refractivity (Wildman–Crippen MR) is 218 cm³/mol. The molecule has 15 heteroatoms. The summed E-state index contributed by atoms with van der Waals surface area (Å²) in [6.45, 7) is 13.7. The molecule has 3 aliphatic rings. The van der Waals surface area contributed by atoms with Gasteiger partial charge in [-0.1, -0.05) is 19.9 Å². The van der Waals surface area contributed by atoms with Crippen LogP contribution >= 0.6 is 11.3 Å². The molecule has 2 fully saturated rings. The lowest BCUT2D eigenvalue weighted by atomic mass is 9.84. The molecule has 3 aromatic heterocycles. The summed E-state index contributed by atoms with van der Waals surface area (Å²) in [4.78, 5) is 42.4. The minimum absolute atomic E-state index is 0.186. The number of cyclic esters (lactones) is 1. The van der Waals surface area contributed by atoms with E-state index in [4.69, 9.17) is 19.4 Å². The second-order valence-electron chi connectivity index (χ2n) is 15.8. The van der Waals surface area contributed by atoms with Gasteiger partial charge in [0.2, 0.25) is 0 Å². The molecule has 0 radical (unpaired) electrons. The molecule has 0 spiro atoms. The maximum atomic E-state index is 13.8. The number of hydrogen-bond donors (Lipinski definition) is 2. The van der Waals surface area contributed by atoms with Crippen LogP contribution in [0.15, 0.2) is 35.8 Å². The number of rotatable bonds is 7. The zero-order valence-electron chi connectivity index (χ0n) is 33.0. The maximum Gasteiger partial charge on any atom is 0.324 e. The number of benzene rings is 1. The Balaban J connectivity index is 1.40. The molecule has 4 atom stereocenters. The molecule has 7 rings (SSSR count). The molecule has 4 aromatic rings. The third-order valence-corrected chi connectivity index (χ3v) is 12.6. The van der Waals surface area contributed by atoms with E-state index in [9.17, 15) is 13.8 Å². The number of thiazole rings is 1. The molecule has 1 aromatic carbocycles. The Morgan fingerprint density at radius 2 is 1.95 bits per heavy atom. The topological polar surface area (TPSA) is 134 Å². The number of carbonyl (C=O) groups excluding carboxylic acids is 2. The predicted octanol–water partition coefficient (Wildman–Crippen LogP) is 4.72. The van der Waals surface area contributed by atoms with Crippen molar-refractivity contribution in [2.45, 2.75) is 78.1 Å². The summed E-state index contributed by atoms with van der Waals surface area (Å²) in [5, 5.41) is 5.36. The van der Waals surface area contributed by atoms with E-state index in [0.717, 1.165) is 88.1 Å². The van der Waals surface area contributed by atoms with Crippen molar-refractivity contribution in [1.82, 2.24) is 34.6 Å². The van der Waals surface area contributed by atoms with Gasteiger partial charge in [-0.2, -0.15) is 0 Å². The first-order valence-corrected chi connectivity index (χ1v) is 21.7. The van der Waals surface area contributed by atoms with Gasteiger partial charge in [-0.3, -0.25) is 19.6 Å². The Kier molecular flexibility index (Phi) is 11.8. The van der Waals surface area contributed by atoms with Gasteiger partial charge in [0.05, 0.1) is 57.7 Å². The molecule has 2 N–H and O–H groups in total. The number of likely N-dealkylation sites (N-methyl/N-ethyl adjacent to an activating group) is 1. The number of hydrazine groups is 1. The monoisotopic (exact) mass is 790 g/mol. The van der Waals surface area contributed by atoms with Crippen LogP contribution in [0, 0.1) is 5.41 Å². The van der Waals surface area contributed by atoms with Crippen molar-refractivity contribution in [2.24, 2.45) is 5.41 Å². The Morgan fingerprint density at radius 1 is 1.16 bits per heavy atom. The smallest absolute Gasteiger partial charge is 0.324 e. The van der Waals surface area contributed by atoms with E-state index in [0.29, 0.717) is 25.8 Å². The van der Waals surface area contributed by atoms with Crippen LogP contribution in [0.3, 0.4) is 0 Å². The number of amides is 1. The number of piperazine rings is 1. The number of nitrogens with one attached hydrogen (secondary N) is 2. The highest BCUT2D eigenvalue weighted by Gasteiger charge is 2.35. The molecule has 296 valence electrons. The van der Waals surface area contributed by atoms with Crippen molar-refractivity contribution in [2.75, 3.05) is 64.6 Å². The molecule has 3 aliphatic heterocycles. The largest absolute Gasteiger partial charge is 0.464 e. The number of pyridine rings is 1. The fraction of sp³-hybridized carbons (Fsp3) is 0.550. The third kappa shape index (κ3) is 8.37. The minimum atomic E-state index is -1.45. The second kappa shape index (κ2) is 16.4. The Hall–Kier alpha value is -3.73. The van der Waals surface area contributed by atoms with Gasteiger partial charge < -0.3 is 23.8 Å². The van der Waals surface area contributed by atoms with Gasteiger partial charge in [-0.25, -0.2) is 19.3 Å². The molecule has 6 heterocycles. The van der Waals surface area contributed by atoms with Gasteiger partial charge in [0, 0.05) is 91.9 Å². The highest BCUT2D eigenvalue weighted by molar-refractivity contribution is 7.82. The van der Waals surface area contributed by atoms with Gasteiger partial charge in [-0.15, -0.1) is 11.3 Å². The molecule has 1 unspecified atom stereocenters. The molecular formula is C40H54N8O5S2. The molecule has 55 heavy (non-hydrogen) atoms. The summed E-state index contributed by atoms with van der Waals surface area (Å²) in [7, 11) is 2.44. The highest BCUT2D eigenvalue weighted by atomic mass is 32.2. The lowest BCUT2D eigenvalue weighted by molar-refractivity contribution is -0.155. The summed E-state index contributed by atoms with van der Waals surface area (Å²) < 4.78 is 29.7. The van der Waals surface area contributed by atoms with E-state index < -0.39 is 34.5 Å². The molecule has 1 amide bonds. The van der Waals surface area contributed by atoms with E-state index in [1.165, 1.54) is 22.6 Å². The van der Waals surface area contributed by atoms with Crippen LogP contribution in [-0.4, -0.2) is 112 Å². The summed E-state index contributed by atoms with van der Waals surface area (Å²) in [6.07, 6.45) is 5.31. The first-order chi connectivity index (χ1) is 26.3. The van der Waals surface area contributed by atoms with Crippen LogP contribution in [0.4, 0.5) is 5.69 Å². The molecule has 2 saturated heterocycles. The summed E-state index contributed by atoms with van der Waals surface area (Å²) in [5.74, 6) is -0.669. The van der Waals surface area contributed by atoms with E-state index in [-0.39, 0.29) is 25.0 Å². The first-order valence-electron chi connectivity index (χ1n) is 19.3. The van der Waals surface area contributed by atoms with Gasteiger partial charge in [0.15, 0.2) is 0 Å². The van der Waals surface area contributed by atoms with Crippen molar-refractivity contribution in [3.63, 3.8) is 0 Å². The minimum Gasteiger partial charge on any atom is -0.464 e. The van der Waals surface area contributed by atoms with Crippen molar-refractivity contribution in [3.05, 3.63) is 52.1 Å². The van der Waals surface area contributed by atoms with Crippen molar-refractivity contribution in [3.8, 4) is 22.5 Å². The highest BCUT2D eigenvalue weighted by Crippen LogP contribution is 2.43. The molecule has 0 aliphatic carbocycles. The number of carbonyl (C=O) groups is 2. The summed E-state index contributed by atoms with van der Waals surface area (Å²) in [5.41, 5.74) is 10.8. The summed E-state index contributed by atoms with van der Waals surface area (Å²) >= 11 is 1.48. The van der Waals surface area contributed by atoms with Crippen LogP contribution in [-0.2, 0) is 49.4 Å². The zero-order valence-corrected chi connectivity index (χ0v) is 34.6. The SMILES string of the molecule is CCn1c(-c2cc(N3CCN(C)CC3)cnc2[C@H](C)OC)c2c3cc(ccc31)-c1csc(n1)C[C@H](NS(C)=O)C(=O)N1CCC[C@H](N1)C(=O)OCC(C)(C)C2. The number of ether oxygens (including phenoxy) is 2. The van der Waals surface area contributed by atoms with Gasteiger partial charge in [0.1, 0.15) is 12.1 Å². The zero-order chi connectivity index (χ0) is 39.0. The molecule has 0 saturated carbocycles.